The normalized spacial score (nSPS) is 20.5. The van der Waals surface area contributed by atoms with Crippen molar-refractivity contribution in [2.24, 2.45) is 5.92 Å². The smallest absolute Gasteiger partial charge is 0.235 e. The number of hydrogen-bond acceptors (Lipinski definition) is 7. The Morgan fingerprint density at radius 2 is 2.10 bits per heavy atom. The first-order valence-corrected chi connectivity index (χ1v) is 10.4. The molecule has 0 aromatic carbocycles. The fraction of sp³-hybridized carbons (Fsp3) is 0.500. The maximum Gasteiger partial charge on any atom is 0.235 e. The molecule has 154 valence electrons. The standard InChI is InChI=1S/C22H24N6O2/c1-13-21-18(25-19(8-23)26-22(21)30-2)12-28(13)20(29)7-14-10-27(11-14)16-5-6-17(24-9-16)15-3-4-15/h5-6,9,13-15H,3-4,7,10-12H2,1-2H3. The third-order valence-corrected chi connectivity index (χ3v) is 6.36. The van der Waals surface area contributed by atoms with Gasteiger partial charge in [0.25, 0.3) is 0 Å². The number of nitrogens with zero attached hydrogens (tertiary/aromatic N) is 6. The average molecular weight is 404 g/mol. The van der Waals surface area contributed by atoms with E-state index in [-0.39, 0.29) is 17.8 Å². The number of anilines is 1. The minimum Gasteiger partial charge on any atom is -0.481 e. The van der Waals surface area contributed by atoms with Gasteiger partial charge in [-0.15, -0.1) is 0 Å². The van der Waals surface area contributed by atoms with Gasteiger partial charge >= 0.3 is 0 Å². The molecule has 1 atom stereocenters. The van der Waals surface area contributed by atoms with Gasteiger partial charge in [0.15, 0.2) is 0 Å². The molecule has 2 aromatic heterocycles. The highest BCUT2D eigenvalue weighted by Gasteiger charge is 2.38. The first kappa shape index (κ1) is 18.8. The van der Waals surface area contributed by atoms with Crippen molar-refractivity contribution < 1.29 is 9.53 Å². The van der Waals surface area contributed by atoms with E-state index in [1.807, 2.05) is 24.1 Å². The summed E-state index contributed by atoms with van der Waals surface area (Å²) < 4.78 is 5.35. The molecule has 3 aliphatic rings. The van der Waals surface area contributed by atoms with E-state index in [0.717, 1.165) is 24.3 Å². The number of rotatable bonds is 5. The van der Waals surface area contributed by atoms with Gasteiger partial charge in [-0.05, 0) is 31.9 Å². The second-order valence-corrected chi connectivity index (χ2v) is 8.42. The third kappa shape index (κ3) is 3.24. The fourth-order valence-electron chi connectivity index (χ4n) is 4.48. The van der Waals surface area contributed by atoms with Crippen molar-refractivity contribution in [3.63, 3.8) is 0 Å². The van der Waals surface area contributed by atoms with E-state index in [4.69, 9.17) is 10.00 Å². The van der Waals surface area contributed by atoms with Gasteiger partial charge in [0.05, 0.1) is 42.8 Å². The van der Waals surface area contributed by atoms with Crippen LogP contribution in [-0.2, 0) is 11.3 Å². The summed E-state index contributed by atoms with van der Waals surface area (Å²) in [6, 6.07) is 6.08. The lowest BCUT2D eigenvalue weighted by atomic mass is 9.95. The minimum absolute atomic E-state index is 0.0723. The first-order chi connectivity index (χ1) is 14.6. The number of carbonyl (C=O) groups is 1. The number of nitriles is 1. The van der Waals surface area contributed by atoms with Gasteiger partial charge in [-0.2, -0.15) is 10.2 Å². The molecule has 2 aliphatic heterocycles. The third-order valence-electron chi connectivity index (χ3n) is 6.36. The minimum atomic E-state index is -0.162. The predicted molar refractivity (Wildman–Crippen MR) is 109 cm³/mol. The fourth-order valence-corrected chi connectivity index (χ4v) is 4.48. The molecule has 1 unspecified atom stereocenters. The van der Waals surface area contributed by atoms with Crippen LogP contribution >= 0.6 is 0 Å². The largest absolute Gasteiger partial charge is 0.481 e. The second-order valence-electron chi connectivity index (χ2n) is 8.42. The van der Waals surface area contributed by atoms with Crippen molar-refractivity contribution >= 4 is 11.6 Å². The van der Waals surface area contributed by atoms with E-state index in [1.54, 1.807) is 0 Å². The molecule has 0 radical (unpaired) electrons. The lowest BCUT2D eigenvalue weighted by molar-refractivity contribution is -0.134. The monoisotopic (exact) mass is 404 g/mol. The number of hydrogen-bond donors (Lipinski definition) is 0. The molecule has 1 saturated heterocycles. The molecule has 0 spiro atoms. The lowest BCUT2D eigenvalue weighted by Gasteiger charge is -2.41. The Morgan fingerprint density at radius 1 is 1.30 bits per heavy atom. The first-order valence-electron chi connectivity index (χ1n) is 10.4. The van der Waals surface area contributed by atoms with Gasteiger partial charge in [-0.1, -0.05) is 0 Å². The van der Waals surface area contributed by atoms with Crippen LogP contribution in [-0.4, -0.2) is 46.0 Å². The summed E-state index contributed by atoms with van der Waals surface area (Å²) in [6.07, 6.45) is 4.98. The van der Waals surface area contributed by atoms with E-state index < -0.39 is 0 Å². The Labute approximate surface area is 175 Å². The second kappa shape index (κ2) is 7.24. The van der Waals surface area contributed by atoms with Gasteiger partial charge in [-0.25, -0.2) is 4.98 Å². The number of methoxy groups -OCH3 is 1. The van der Waals surface area contributed by atoms with Crippen molar-refractivity contribution in [3.05, 3.63) is 41.1 Å². The summed E-state index contributed by atoms with van der Waals surface area (Å²) >= 11 is 0. The quantitative estimate of drug-likeness (QED) is 0.756. The van der Waals surface area contributed by atoms with Gasteiger partial charge in [0.1, 0.15) is 6.07 Å². The molecule has 2 aromatic rings. The van der Waals surface area contributed by atoms with Crippen LogP contribution in [0.4, 0.5) is 5.69 Å². The molecule has 4 heterocycles. The zero-order valence-electron chi connectivity index (χ0n) is 17.2. The topological polar surface area (TPSA) is 95.2 Å². The molecule has 8 nitrogen and oxygen atoms in total. The molecule has 1 amide bonds. The lowest BCUT2D eigenvalue weighted by Crippen LogP contribution is -2.48. The molecule has 0 N–H and O–H groups in total. The molecule has 30 heavy (non-hydrogen) atoms. The number of aromatic nitrogens is 3. The van der Waals surface area contributed by atoms with E-state index in [1.165, 1.54) is 25.6 Å². The maximum atomic E-state index is 13.0. The van der Waals surface area contributed by atoms with Crippen LogP contribution in [0.1, 0.15) is 60.9 Å². The van der Waals surface area contributed by atoms with Crippen molar-refractivity contribution in [3.8, 4) is 11.9 Å². The maximum absolute atomic E-state index is 13.0. The molecular weight excluding hydrogens is 380 g/mol. The molecule has 1 saturated carbocycles. The van der Waals surface area contributed by atoms with Crippen LogP contribution < -0.4 is 9.64 Å². The molecule has 0 bridgehead atoms. The zero-order valence-corrected chi connectivity index (χ0v) is 17.2. The van der Waals surface area contributed by atoms with Crippen LogP contribution in [0.5, 0.6) is 5.88 Å². The number of amides is 1. The summed E-state index contributed by atoms with van der Waals surface area (Å²) in [5.74, 6) is 1.56. The summed E-state index contributed by atoms with van der Waals surface area (Å²) in [7, 11) is 1.52. The number of ether oxygens (including phenoxy) is 1. The Bertz CT molecular complexity index is 1020. The number of carbonyl (C=O) groups excluding carboxylic acids is 1. The van der Waals surface area contributed by atoms with Crippen LogP contribution in [0, 0.1) is 17.2 Å². The molecule has 1 aliphatic carbocycles. The Morgan fingerprint density at radius 3 is 2.73 bits per heavy atom. The van der Waals surface area contributed by atoms with Crippen LogP contribution in [0.25, 0.3) is 0 Å². The Kier molecular flexibility index (Phi) is 4.54. The highest BCUT2D eigenvalue weighted by atomic mass is 16.5. The molecule has 5 rings (SSSR count). The van der Waals surface area contributed by atoms with Crippen molar-refractivity contribution in [1.82, 2.24) is 19.9 Å². The van der Waals surface area contributed by atoms with E-state index in [9.17, 15) is 4.79 Å². The van der Waals surface area contributed by atoms with Crippen LogP contribution in [0.2, 0.25) is 0 Å². The van der Waals surface area contributed by atoms with Gasteiger partial charge in [0, 0.05) is 37.0 Å². The molecular formula is C22H24N6O2. The van der Waals surface area contributed by atoms with E-state index in [0.29, 0.717) is 36.4 Å². The summed E-state index contributed by atoms with van der Waals surface area (Å²) in [6.45, 7) is 4.09. The van der Waals surface area contributed by atoms with Crippen molar-refractivity contribution in [1.29, 1.82) is 5.26 Å². The van der Waals surface area contributed by atoms with E-state index >= 15 is 0 Å². The zero-order chi connectivity index (χ0) is 20.8. The van der Waals surface area contributed by atoms with Gasteiger partial charge < -0.3 is 14.5 Å². The van der Waals surface area contributed by atoms with Crippen LogP contribution in [0.3, 0.4) is 0 Å². The Hall–Kier alpha value is -3.21. The summed E-state index contributed by atoms with van der Waals surface area (Å²) in [4.78, 5) is 30.1. The van der Waals surface area contributed by atoms with Gasteiger partial charge in [-0.3, -0.25) is 9.78 Å². The SMILES string of the molecule is COc1nc(C#N)nc2c1C(C)N(C(=O)CC1CN(c3ccc(C4CC4)nc3)C1)C2. The predicted octanol–water partition coefficient (Wildman–Crippen LogP) is 2.56. The van der Waals surface area contributed by atoms with Gasteiger partial charge in [0.2, 0.25) is 17.6 Å². The average Bonchev–Trinajstić information content (AvgIpc) is 3.53. The molecule has 2 fully saturated rings. The van der Waals surface area contributed by atoms with E-state index in [2.05, 4.69) is 32.0 Å². The highest BCUT2D eigenvalue weighted by Crippen LogP contribution is 2.40. The molecule has 8 heteroatoms. The number of fused-ring (bicyclic) bond motifs is 1. The number of pyridine rings is 1. The van der Waals surface area contributed by atoms with Crippen molar-refractivity contribution in [2.45, 2.75) is 44.7 Å². The Balaban J connectivity index is 1.20. The van der Waals surface area contributed by atoms with Crippen LogP contribution in [0.15, 0.2) is 18.3 Å². The van der Waals surface area contributed by atoms with Crippen molar-refractivity contribution in [2.75, 3.05) is 25.1 Å². The highest BCUT2D eigenvalue weighted by molar-refractivity contribution is 5.78. The summed E-state index contributed by atoms with van der Waals surface area (Å²) in [5.41, 5.74) is 3.85. The summed E-state index contributed by atoms with van der Waals surface area (Å²) in [5, 5.41) is 9.13.